The van der Waals surface area contributed by atoms with Gasteiger partial charge >= 0.3 is 0 Å². The first-order valence-electron chi connectivity index (χ1n) is 8.01. The highest BCUT2D eigenvalue weighted by molar-refractivity contribution is 8.00. The van der Waals surface area contributed by atoms with E-state index >= 15 is 0 Å². The number of carbonyl (C=O) groups excluding carboxylic acids is 1. The lowest BCUT2D eigenvalue weighted by Gasteiger charge is -2.16. The fraction of sp³-hybridized carbons (Fsp3) is 0.588. The van der Waals surface area contributed by atoms with Crippen molar-refractivity contribution in [1.29, 1.82) is 0 Å². The molecule has 3 rings (SSSR count). The van der Waals surface area contributed by atoms with Crippen LogP contribution in [0.15, 0.2) is 29.2 Å². The van der Waals surface area contributed by atoms with Crippen LogP contribution in [0.1, 0.15) is 19.3 Å². The van der Waals surface area contributed by atoms with Crippen molar-refractivity contribution in [2.24, 2.45) is 5.92 Å². The van der Waals surface area contributed by atoms with Gasteiger partial charge in [-0.2, -0.15) is 0 Å². The van der Waals surface area contributed by atoms with Crippen LogP contribution in [0.5, 0.6) is 5.75 Å². The maximum absolute atomic E-state index is 12.1. The van der Waals surface area contributed by atoms with Gasteiger partial charge in [0.2, 0.25) is 5.91 Å². The van der Waals surface area contributed by atoms with Crippen LogP contribution in [0.2, 0.25) is 0 Å². The lowest BCUT2D eigenvalue weighted by atomic mass is 10.2. The summed E-state index contributed by atoms with van der Waals surface area (Å²) in [6.07, 6.45) is 3.87. The van der Waals surface area contributed by atoms with Gasteiger partial charge in [-0.15, -0.1) is 11.8 Å². The molecule has 0 unspecified atom stereocenters. The minimum absolute atomic E-state index is 0.131. The molecule has 1 aromatic carbocycles. The molecule has 5 heteroatoms. The van der Waals surface area contributed by atoms with Gasteiger partial charge in [-0.1, -0.05) is 6.07 Å². The van der Waals surface area contributed by atoms with Crippen molar-refractivity contribution in [2.45, 2.75) is 30.2 Å². The largest absolute Gasteiger partial charge is 0.497 e. The molecule has 1 amide bonds. The van der Waals surface area contributed by atoms with Crippen molar-refractivity contribution >= 4 is 17.7 Å². The predicted octanol–water partition coefficient (Wildman–Crippen LogP) is 2.39. The number of benzene rings is 1. The average Bonchev–Trinajstić information content (AvgIpc) is 3.24. The Labute approximate surface area is 136 Å². The SMILES string of the molecule is COc1cccc(SCC(=O)N[C@@H]2CCN(CC3CC3)C2)c1. The van der Waals surface area contributed by atoms with Crippen molar-refractivity contribution in [3.63, 3.8) is 0 Å². The van der Waals surface area contributed by atoms with E-state index in [4.69, 9.17) is 4.74 Å². The Morgan fingerprint density at radius 2 is 2.27 bits per heavy atom. The molecule has 1 atom stereocenters. The molecule has 0 spiro atoms. The minimum Gasteiger partial charge on any atom is -0.497 e. The summed E-state index contributed by atoms with van der Waals surface area (Å²) in [7, 11) is 1.66. The van der Waals surface area contributed by atoms with E-state index in [-0.39, 0.29) is 5.91 Å². The van der Waals surface area contributed by atoms with Gasteiger partial charge in [0.15, 0.2) is 0 Å². The zero-order chi connectivity index (χ0) is 15.4. The van der Waals surface area contributed by atoms with Gasteiger partial charge in [0.05, 0.1) is 12.9 Å². The Balaban J connectivity index is 1.38. The van der Waals surface area contributed by atoms with Crippen LogP contribution < -0.4 is 10.1 Å². The van der Waals surface area contributed by atoms with E-state index < -0.39 is 0 Å². The third kappa shape index (κ3) is 4.65. The highest BCUT2D eigenvalue weighted by Crippen LogP contribution is 2.30. The molecule has 22 heavy (non-hydrogen) atoms. The minimum atomic E-state index is 0.131. The topological polar surface area (TPSA) is 41.6 Å². The molecule has 1 aliphatic carbocycles. The number of hydrogen-bond acceptors (Lipinski definition) is 4. The quantitative estimate of drug-likeness (QED) is 0.783. The van der Waals surface area contributed by atoms with Crippen molar-refractivity contribution in [3.05, 3.63) is 24.3 Å². The van der Waals surface area contributed by atoms with E-state index in [2.05, 4.69) is 10.2 Å². The normalized spacial score (nSPS) is 21.8. The zero-order valence-corrected chi connectivity index (χ0v) is 13.9. The van der Waals surface area contributed by atoms with Gasteiger partial charge < -0.3 is 15.0 Å². The van der Waals surface area contributed by atoms with E-state index in [1.54, 1.807) is 18.9 Å². The van der Waals surface area contributed by atoms with Crippen molar-refractivity contribution in [1.82, 2.24) is 10.2 Å². The molecule has 4 nitrogen and oxygen atoms in total. The maximum atomic E-state index is 12.1. The van der Waals surface area contributed by atoms with E-state index in [0.29, 0.717) is 11.8 Å². The summed E-state index contributed by atoms with van der Waals surface area (Å²) >= 11 is 1.56. The number of likely N-dealkylation sites (tertiary alicyclic amines) is 1. The first kappa shape index (κ1) is 15.7. The van der Waals surface area contributed by atoms with E-state index in [9.17, 15) is 4.79 Å². The molecule has 1 N–H and O–H groups in total. The molecular weight excluding hydrogens is 296 g/mol. The Bertz CT molecular complexity index is 519. The highest BCUT2D eigenvalue weighted by Gasteiger charge is 2.29. The molecule has 1 saturated heterocycles. The van der Waals surface area contributed by atoms with Crippen LogP contribution >= 0.6 is 11.8 Å². The Morgan fingerprint density at radius 3 is 3.05 bits per heavy atom. The van der Waals surface area contributed by atoms with Crippen LogP contribution in [0.3, 0.4) is 0 Å². The van der Waals surface area contributed by atoms with Gasteiger partial charge in [-0.05, 0) is 43.4 Å². The number of amides is 1. The smallest absolute Gasteiger partial charge is 0.230 e. The van der Waals surface area contributed by atoms with Crippen LogP contribution in [0, 0.1) is 5.92 Å². The van der Waals surface area contributed by atoms with Crippen LogP contribution in [-0.2, 0) is 4.79 Å². The molecular formula is C17H24N2O2S. The second-order valence-electron chi connectivity index (χ2n) is 6.22. The summed E-state index contributed by atoms with van der Waals surface area (Å²) in [6.45, 7) is 3.38. The van der Waals surface area contributed by atoms with Crippen molar-refractivity contribution in [3.8, 4) is 5.75 Å². The summed E-state index contributed by atoms with van der Waals surface area (Å²) in [6, 6.07) is 8.17. The molecule has 120 valence electrons. The first-order valence-corrected chi connectivity index (χ1v) is 9.00. The number of rotatable bonds is 7. The molecule has 1 saturated carbocycles. The summed E-state index contributed by atoms with van der Waals surface area (Å²) in [5.41, 5.74) is 0. The number of hydrogen-bond donors (Lipinski definition) is 1. The summed E-state index contributed by atoms with van der Waals surface area (Å²) in [5.74, 6) is 2.35. The van der Waals surface area contributed by atoms with Crippen molar-refractivity contribution in [2.75, 3.05) is 32.5 Å². The van der Waals surface area contributed by atoms with E-state index in [0.717, 1.165) is 36.1 Å². The Morgan fingerprint density at radius 1 is 1.41 bits per heavy atom. The van der Waals surface area contributed by atoms with Crippen molar-refractivity contribution < 1.29 is 9.53 Å². The number of nitrogens with one attached hydrogen (secondary N) is 1. The Kier molecular flexibility index (Phi) is 5.26. The van der Waals surface area contributed by atoms with Crippen LogP contribution in [0.25, 0.3) is 0 Å². The molecule has 2 fully saturated rings. The monoisotopic (exact) mass is 320 g/mol. The average molecular weight is 320 g/mol. The lowest BCUT2D eigenvalue weighted by Crippen LogP contribution is -2.38. The first-order chi connectivity index (χ1) is 10.7. The van der Waals surface area contributed by atoms with Crippen LogP contribution in [-0.4, -0.2) is 49.3 Å². The van der Waals surface area contributed by atoms with Gasteiger partial charge in [0, 0.05) is 30.6 Å². The highest BCUT2D eigenvalue weighted by atomic mass is 32.2. The molecule has 1 heterocycles. The summed E-state index contributed by atoms with van der Waals surface area (Å²) < 4.78 is 5.20. The van der Waals surface area contributed by atoms with E-state index in [1.807, 2.05) is 24.3 Å². The fourth-order valence-corrected chi connectivity index (χ4v) is 3.65. The molecule has 1 aromatic rings. The third-order valence-corrected chi connectivity index (χ3v) is 5.26. The second-order valence-corrected chi connectivity index (χ2v) is 7.27. The fourth-order valence-electron chi connectivity index (χ4n) is 2.89. The predicted molar refractivity (Wildman–Crippen MR) is 89.4 cm³/mol. The summed E-state index contributed by atoms with van der Waals surface area (Å²) in [5, 5.41) is 3.17. The molecule has 0 radical (unpaired) electrons. The molecule has 0 aromatic heterocycles. The third-order valence-electron chi connectivity index (χ3n) is 4.26. The number of thioether (sulfide) groups is 1. The lowest BCUT2D eigenvalue weighted by molar-refractivity contribution is -0.119. The van der Waals surface area contributed by atoms with E-state index in [1.165, 1.54) is 19.4 Å². The standard InChI is InChI=1S/C17H24N2O2S/c1-21-15-3-2-4-16(9-15)22-12-17(20)18-14-7-8-19(11-14)10-13-5-6-13/h2-4,9,13-14H,5-8,10-12H2,1H3,(H,18,20)/t14-/m1/s1. The van der Waals surface area contributed by atoms with Gasteiger partial charge in [-0.3, -0.25) is 4.79 Å². The van der Waals surface area contributed by atoms with Crippen LogP contribution in [0.4, 0.5) is 0 Å². The number of nitrogens with zero attached hydrogens (tertiary/aromatic N) is 1. The maximum Gasteiger partial charge on any atom is 0.230 e. The zero-order valence-electron chi connectivity index (χ0n) is 13.1. The second kappa shape index (κ2) is 7.38. The number of methoxy groups -OCH3 is 1. The number of carbonyl (C=O) groups is 1. The molecule has 1 aliphatic heterocycles. The Hall–Kier alpha value is -1.20. The van der Waals surface area contributed by atoms with Gasteiger partial charge in [0.1, 0.15) is 5.75 Å². The van der Waals surface area contributed by atoms with Gasteiger partial charge in [0.25, 0.3) is 0 Å². The number of ether oxygens (including phenoxy) is 1. The van der Waals surface area contributed by atoms with Gasteiger partial charge in [-0.25, -0.2) is 0 Å². The summed E-state index contributed by atoms with van der Waals surface area (Å²) in [4.78, 5) is 15.7. The molecule has 0 bridgehead atoms. The molecule has 2 aliphatic rings.